The number of hydrogen-bond acceptors (Lipinski definition) is 3. The zero-order valence-electron chi connectivity index (χ0n) is 8.28. The summed E-state index contributed by atoms with van der Waals surface area (Å²) in [6.07, 6.45) is 0. The van der Waals surface area contributed by atoms with E-state index in [2.05, 4.69) is 0 Å². The van der Waals surface area contributed by atoms with Gasteiger partial charge in [0.05, 0.1) is 4.88 Å². The quantitative estimate of drug-likeness (QED) is 0.689. The van der Waals surface area contributed by atoms with Gasteiger partial charge in [-0.05, 0) is 25.5 Å². The van der Waals surface area contributed by atoms with Crippen LogP contribution in [0.3, 0.4) is 0 Å². The fourth-order valence-electron chi connectivity index (χ4n) is 1.29. The summed E-state index contributed by atoms with van der Waals surface area (Å²) in [4.78, 5) is 14.6. The summed E-state index contributed by atoms with van der Waals surface area (Å²) in [5.41, 5.74) is 0. The minimum Gasteiger partial charge on any atom is -0.309 e. The van der Waals surface area contributed by atoms with Crippen LogP contribution in [0, 0.1) is 5.92 Å². The average Bonchev–Trinajstić information content (AvgIpc) is 2.53. The van der Waals surface area contributed by atoms with Crippen molar-refractivity contribution in [1.29, 1.82) is 0 Å². The van der Waals surface area contributed by atoms with Crippen LogP contribution in [0.2, 0.25) is 0 Å². The van der Waals surface area contributed by atoms with E-state index < -0.39 is 0 Å². The molecule has 0 spiro atoms. The van der Waals surface area contributed by atoms with Crippen LogP contribution in [0.15, 0.2) is 17.5 Å². The van der Waals surface area contributed by atoms with Crippen LogP contribution in [-0.4, -0.2) is 31.3 Å². The maximum absolute atomic E-state index is 11.7. The third-order valence-electron chi connectivity index (χ3n) is 1.85. The number of hydrogen-bond donors (Lipinski definition) is 0. The van der Waals surface area contributed by atoms with Gasteiger partial charge >= 0.3 is 0 Å². The predicted octanol–water partition coefficient (Wildman–Crippen LogP) is 2.13. The van der Waals surface area contributed by atoms with Gasteiger partial charge < -0.3 is 4.90 Å². The van der Waals surface area contributed by atoms with Crippen molar-refractivity contribution >= 4 is 17.1 Å². The topological polar surface area (TPSA) is 20.3 Å². The van der Waals surface area contributed by atoms with Gasteiger partial charge in [0.15, 0.2) is 5.78 Å². The molecule has 0 saturated heterocycles. The van der Waals surface area contributed by atoms with E-state index in [1.54, 1.807) is 0 Å². The van der Waals surface area contributed by atoms with E-state index in [1.807, 2.05) is 43.4 Å². The molecule has 0 aliphatic rings. The number of Topliss-reactive ketones (excluding diaryl/α,β-unsaturated/α-hetero) is 1. The highest BCUT2D eigenvalue weighted by molar-refractivity contribution is 7.12. The second kappa shape index (κ2) is 4.53. The molecule has 0 saturated carbocycles. The Morgan fingerprint density at radius 2 is 2.31 bits per heavy atom. The Kier molecular flexibility index (Phi) is 3.63. The number of carbonyl (C=O) groups excluding carboxylic acids is 1. The molecule has 0 N–H and O–H groups in total. The molecule has 0 unspecified atom stereocenters. The normalized spacial score (nSPS) is 13.2. The molecule has 3 heteroatoms. The second-order valence-corrected chi connectivity index (χ2v) is 4.45. The van der Waals surface area contributed by atoms with Crippen molar-refractivity contribution in [2.24, 2.45) is 5.92 Å². The van der Waals surface area contributed by atoms with Crippen molar-refractivity contribution in [2.45, 2.75) is 6.92 Å². The molecule has 0 aliphatic carbocycles. The Bertz CT molecular complexity index is 266. The van der Waals surface area contributed by atoms with E-state index in [4.69, 9.17) is 0 Å². The van der Waals surface area contributed by atoms with Gasteiger partial charge in [0.25, 0.3) is 0 Å². The number of ketones is 1. The Morgan fingerprint density at radius 1 is 1.62 bits per heavy atom. The minimum absolute atomic E-state index is 0.0913. The molecular formula is C10H15NOS. The van der Waals surface area contributed by atoms with Gasteiger partial charge in [0.1, 0.15) is 0 Å². The number of carbonyl (C=O) groups is 1. The molecule has 0 amide bonds. The lowest BCUT2D eigenvalue weighted by atomic mass is 10.1. The van der Waals surface area contributed by atoms with Crippen LogP contribution in [0.1, 0.15) is 16.6 Å². The lowest BCUT2D eigenvalue weighted by Crippen LogP contribution is -2.25. The monoisotopic (exact) mass is 197 g/mol. The van der Waals surface area contributed by atoms with Gasteiger partial charge in [0, 0.05) is 12.5 Å². The van der Waals surface area contributed by atoms with Crippen LogP contribution in [0.5, 0.6) is 0 Å². The molecule has 0 radical (unpaired) electrons. The van der Waals surface area contributed by atoms with E-state index >= 15 is 0 Å². The standard InChI is InChI=1S/C10H15NOS/c1-8(7-11(2)3)10(12)9-5-4-6-13-9/h4-6,8H,7H2,1-3H3/t8-/m1/s1. The molecule has 1 atom stereocenters. The molecule has 0 aliphatic heterocycles. The highest BCUT2D eigenvalue weighted by Crippen LogP contribution is 2.14. The molecule has 1 aromatic rings. The summed E-state index contributed by atoms with van der Waals surface area (Å²) in [6.45, 7) is 2.79. The smallest absolute Gasteiger partial charge is 0.176 e. The average molecular weight is 197 g/mol. The van der Waals surface area contributed by atoms with Crippen molar-refractivity contribution in [3.8, 4) is 0 Å². The van der Waals surface area contributed by atoms with Gasteiger partial charge in [-0.25, -0.2) is 0 Å². The first-order chi connectivity index (χ1) is 6.11. The summed E-state index contributed by atoms with van der Waals surface area (Å²) in [7, 11) is 3.97. The van der Waals surface area contributed by atoms with E-state index in [-0.39, 0.29) is 11.7 Å². The molecule has 0 bridgehead atoms. The second-order valence-electron chi connectivity index (χ2n) is 3.50. The Labute approximate surface area is 83.2 Å². The van der Waals surface area contributed by atoms with Crippen LogP contribution in [0.25, 0.3) is 0 Å². The molecular weight excluding hydrogens is 182 g/mol. The Balaban J connectivity index is 2.58. The lowest BCUT2D eigenvalue weighted by molar-refractivity contribution is 0.0914. The van der Waals surface area contributed by atoms with Crippen molar-refractivity contribution in [1.82, 2.24) is 4.90 Å². The van der Waals surface area contributed by atoms with E-state index in [9.17, 15) is 4.79 Å². The summed E-state index contributed by atoms with van der Waals surface area (Å²) in [5.74, 6) is 0.345. The van der Waals surface area contributed by atoms with Gasteiger partial charge in [-0.3, -0.25) is 4.79 Å². The summed E-state index contributed by atoms with van der Waals surface area (Å²) >= 11 is 1.52. The number of rotatable bonds is 4. The molecule has 72 valence electrons. The molecule has 1 rings (SSSR count). The maximum Gasteiger partial charge on any atom is 0.176 e. The highest BCUT2D eigenvalue weighted by Gasteiger charge is 2.16. The van der Waals surface area contributed by atoms with Crippen molar-refractivity contribution in [3.05, 3.63) is 22.4 Å². The van der Waals surface area contributed by atoms with Crippen LogP contribution in [-0.2, 0) is 0 Å². The largest absolute Gasteiger partial charge is 0.309 e. The third-order valence-corrected chi connectivity index (χ3v) is 2.74. The molecule has 1 heterocycles. The fraction of sp³-hybridized carbons (Fsp3) is 0.500. The molecule has 13 heavy (non-hydrogen) atoms. The van der Waals surface area contributed by atoms with E-state index in [0.717, 1.165) is 11.4 Å². The first-order valence-electron chi connectivity index (χ1n) is 4.33. The van der Waals surface area contributed by atoms with Crippen molar-refractivity contribution in [2.75, 3.05) is 20.6 Å². The zero-order valence-corrected chi connectivity index (χ0v) is 9.10. The zero-order chi connectivity index (χ0) is 9.84. The molecule has 1 aromatic heterocycles. The van der Waals surface area contributed by atoms with Gasteiger partial charge in [-0.2, -0.15) is 0 Å². The fourth-order valence-corrected chi connectivity index (χ4v) is 2.07. The van der Waals surface area contributed by atoms with E-state index in [1.165, 1.54) is 11.3 Å². The van der Waals surface area contributed by atoms with Gasteiger partial charge in [-0.15, -0.1) is 11.3 Å². The number of thiophene rings is 1. The van der Waals surface area contributed by atoms with Crippen LogP contribution < -0.4 is 0 Å². The van der Waals surface area contributed by atoms with Gasteiger partial charge in [0.2, 0.25) is 0 Å². The summed E-state index contributed by atoms with van der Waals surface area (Å²) < 4.78 is 0. The van der Waals surface area contributed by atoms with Gasteiger partial charge in [-0.1, -0.05) is 13.0 Å². The summed E-state index contributed by atoms with van der Waals surface area (Å²) in [6, 6.07) is 3.80. The first kappa shape index (κ1) is 10.4. The minimum atomic E-state index is 0.0913. The SMILES string of the molecule is C[C@H](CN(C)C)C(=O)c1cccs1. The number of nitrogens with zero attached hydrogens (tertiary/aromatic N) is 1. The molecule has 2 nitrogen and oxygen atoms in total. The highest BCUT2D eigenvalue weighted by atomic mass is 32.1. The summed E-state index contributed by atoms with van der Waals surface area (Å²) in [5, 5.41) is 1.94. The Morgan fingerprint density at radius 3 is 2.77 bits per heavy atom. The Hall–Kier alpha value is -0.670. The molecule has 0 fully saturated rings. The van der Waals surface area contributed by atoms with E-state index in [0.29, 0.717) is 0 Å². The molecule has 0 aromatic carbocycles. The maximum atomic E-state index is 11.7. The predicted molar refractivity (Wildman–Crippen MR) is 56.4 cm³/mol. The van der Waals surface area contributed by atoms with Crippen molar-refractivity contribution in [3.63, 3.8) is 0 Å². The van der Waals surface area contributed by atoms with Crippen LogP contribution in [0.4, 0.5) is 0 Å². The van der Waals surface area contributed by atoms with Crippen molar-refractivity contribution < 1.29 is 4.79 Å². The first-order valence-corrected chi connectivity index (χ1v) is 5.21. The lowest BCUT2D eigenvalue weighted by Gasteiger charge is -2.14. The third kappa shape index (κ3) is 2.94. The van der Waals surface area contributed by atoms with Crippen LogP contribution >= 0.6 is 11.3 Å².